The van der Waals surface area contributed by atoms with Crippen molar-refractivity contribution in [1.29, 1.82) is 0 Å². The summed E-state index contributed by atoms with van der Waals surface area (Å²) < 4.78 is 11.4. The van der Waals surface area contributed by atoms with Crippen molar-refractivity contribution in [3.05, 3.63) is 64.3 Å². The Morgan fingerprint density at radius 3 is 2.45 bits per heavy atom. The van der Waals surface area contributed by atoms with Gasteiger partial charge < -0.3 is 9.15 Å². The van der Waals surface area contributed by atoms with Gasteiger partial charge in [-0.05, 0) is 52.3 Å². The summed E-state index contributed by atoms with van der Waals surface area (Å²) in [5.74, 6) is 0.873. The number of hydrogen-bond donors (Lipinski definition) is 0. The number of furan rings is 1. The maximum Gasteiger partial charge on any atom is 0.229 e. The van der Waals surface area contributed by atoms with E-state index < -0.39 is 0 Å². The standard InChI is InChI=1S/C16H11BrO3/c1-19-11-8-6-10(7-9-11)15(18)16-14(17)12-4-2-3-5-13(12)20-16/h2-9H,1H3. The number of halogens is 1. The van der Waals surface area contributed by atoms with E-state index >= 15 is 0 Å². The van der Waals surface area contributed by atoms with E-state index in [-0.39, 0.29) is 5.78 Å². The van der Waals surface area contributed by atoms with Gasteiger partial charge >= 0.3 is 0 Å². The van der Waals surface area contributed by atoms with Crippen LogP contribution in [0.2, 0.25) is 0 Å². The molecular weight excluding hydrogens is 320 g/mol. The number of hydrogen-bond acceptors (Lipinski definition) is 3. The molecule has 0 N–H and O–H groups in total. The quantitative estimate of drug-likeness (QED) is 0.666. The third kappa shape index (κ3) is 2.12. The van der Waals surface area contributed by atoms with Gasteiger partial charge in [0, 0.05) is 10.9 Å². The van der Waals surface area contributed by atoms with E-state index in [0.29, 0.717) is 27.1 Å². The second-order valence-corrected chi connectivity index (χ2v) is 5.09. The molecule has 0 saturated heterocycles. The highest BCUT2D eigenvalue weighted by Gasteiger charge is 2.20. The fourth-order valence-electron chi connectivity index (χ4n) is 2.03. The molecule has 1 heterocycles. The molecule has 0 radical (unpaired) electrons. The second kappa shape index (κ2) is 5.13. The number of benzene rings is 2. The van der Waals surface area contributed by atoms with E-state index in [1.54, 1.807) is 31.4 Å². The predicted octanol–water partition coefficient (Wildman–Crippen LogP) is 4.43. The van der Waals surface area contributed by atoms with Gasteiger partial charge in [0.05, 0.1) is 11.6 Å². The van der Waals surface area contributed by atoms with Gasteiger partial charge in [-0.1, -0.05) is 12.1 Å². The van der Waals surface area contributed by atoms with Gasteiger partial charge in [0.2, 0.25) is 5.78 Å². The van der Waals surface area contributed by atoms with Crippen LogP contribution in [0.25, 0.3) is 11.0 Å². The van der Waals surface area contributed by atoms with Crippen LogP contribution in [0.1, 0.15) is 16.1 Å². The van der Waals surface area contributed by atoms with Crippen LogP contribution in [0.5, 0.6) is 5.75 Å². The van der Waals surface area contributed by atoms with Crippen molar-refractivity contribution in [3.8, 4) is 5.75 Å². The highest BCUT2D eigenvalue weighted by atomic mass is 79.9. The van der Waals surface area contributed by atoms with Crippen molar-refractivity contribution in [2.45, 2.75) is 0 Å². The lowest BCUT2D eigenvalue weighted by Gasteiger charge is -2.01. The topological polar surface area (TPSA) is 39.4 Å². The Morgan fingerprint density at radius 1 is 1.10 bits per heavy atom. The zero-order chi connectivity index (χ0) is 14.1. The lowest BCUT2D eigenvalue weighted by atomic mass is 10.1. The molecule has 0 fully saturated rings. The largest absolute Gasteiger partial charge is 0.497 e. The number of para-hydroxylation sites is 1. The van der Waals surface area contributed by atoms with Crippen LogP contribution in [-0.2, 0) is 0 Å². The van der Waals surface area contributed by atoms with Gasteiger partial charge in [-0.3, -0.25) is 4.79 Å². The summed E-state index contributed by atoms with van der Waals surface area (Å²) in [6, 6.07) is 14.5. The molecule has 0 unspecified atom stereocenters. The number of carbonyl (C=O) groups excluding carboxylic acids is 1. The van der Waals surface area contributed by atoms with Gasteiger partial charge in [0.15, 0.2) is 5.76 Å². The number of methoxy groups -OCH3 is 1. The first-order valence-corrected chi connectivity index (χ1v) is 6.86. The molecule has 0 aliphatic rings. The highest BCUT2D eigenvalue weighted by molar-refractivity contribution is 9.10. The molecule has 0 atom stereocenters. The van der Waals surface area contributed by atoms with Crippen LogP contribution in [0.15, 0.2) is 57.4 Å². The van der Waals surface area contributed by atoms with Crippen LogP contribution < -0.4 is 4.74 Å². The molecule has 100 valence electrons. The summed E-state index contributed by atoms with van der Waals surface area (Å²) in [7, 11) is 1.59. The van der Waals surface area contributed by atoms with Gasteiger partial charge in [0.25, 0.3) is 0 Å². The van der Waals surface area contributed by atoms with E-state index in [1.807, 2.05) is 24.3 Å². The minimum Gasteiger partial charge on any atom is -0.497 e. The summed E-state index contributed by atoms with van der Waals surface area (Å²) in [6.07, 6.45) is 0. The predicted molar refractivity (Wildman–Crippen MR) is 80.3 cm³/mol. The molecule has 20 heavy (non-hydrogen) atoms. The number of carbonyl (C=O) groups is 1. The summed E-state index contributed by atoms with van der Waals surface area (Å²) in [6.45, 7) is 0. The third-order valence-electron chi connectivity index (χ3n) is 3.09. The van der Waals surface area contributed by atoms with E-state index in [4.69, 9.17) is 9.15 Å². The fourth-order valence-corrected chi connectivity index (χ4v) is 2.62. The van der Waals surface area contributed by atoms with Crippen LogP contribution in [-0.4, -0.2) is 12.9 Å². The van der Waals surface area contributed by atoms with Crippen molar-refractivity contribution in [1.82, 2.24) is 0 Å². The minimum atomic E-state index is -0.157. The van der Waals surface area contributed by atoms with Gasteiger partial charge in [-0.25, -0.2) is 0 Å². The number of ketones is 1. The van der Waals surface area contributed by atoms with E-state index in [1.165, 1.54) is 0 Å². The molecule has 0 bridgehead atoms. The Balaban J connectivity index is 2.05. The van der Waals surface area contributed by atoms with E-state index in [0.717, 1.165) is 5.39 Å². The molecule has 0 saturated carbocycles. The SMILES string of the molecule is COc1ccc(C(=O)c2oc3ccccc3c2Br)cc1. The molecular formula is C16H11BrO3. The molecule has 0 spiro atoms. The van der Waals surface area contributed by atoms with Crippen LogP contribution in [0.4, 0.5) is 0 Å². The third-order valence-corrected chi connectivity index (χ3v) is 3.88. The molecule has 0 aliphatic carbocycles. The molecule has 0 amide bonds. The van der Waals surface area contributed by atoms with Gasteiger partial charge in [-0.15, -0.1) is 0 Å². The number of rotatable bonds is 3. The minimum absolute atomic E-state index is 0.157. The Kier molecular flexibility index (Phi) is 3.32. The number of fused-ring (bicyclic) bond motifs is 1. The molecule has 3 nitrogen and oxygen atoms in total. The second-order valence-electron chi connectivity index (χ2n) is 4.30. The van der Waals surface area contributed by atoms with Crippen molar-refractivity contribution in [2.75, 3.05) is 7.11 Å². The van der Waals surface area contributed by atoms with Crippen molar-refractivity contribution in [3.63, 3.8) is 0 Å². The zero-order valence-corrected chi connectivity index (χ0v) is 12.3. The van der Waals surface area contributed by atoms with Gasteiger partial charge in [-0.2, -0.15) is 0 Å². The molecule has 3 rings (SSSR count). The molecule has 4 heteroatoms. The van der Waals surface area contributed by atoms with E-state index in [9.17, 15) is 4.79 Å². The maximum absolute atomic E-state index is 12.5. The highest BCUT2D eigenvalue weighted by Crippen LogP contribution is 2.32. The first-order chi connectivity index (χ1) is 9.70. The normalized spacial score (nSPS) is 10.7. The molecule has 1 aromatic heterocycles. The van der Waals surface area contributed by atoms with Crippen molar-refractivity contribution >= 4 is 32.7 Å². The Labute approximate surface area is 124 Å². The summed E-state index contributed by atoms with van der Waals surface area (Å²) in [4.78, 5) is 12.5. The fraction of sp³-hybridized carbons (Fsp3) is 0.0625. The van der Waals surface area contributed by atoms with Crippen LogP contribution in [0.3, 0.4) is 0 Å². The maximum atomic E-state index is 12.5. The van der Waals surface area contributed by atoms with E-state index in [2.05, 4.69) is 15.9 Å². The first kappa shape index (κ1) is 12.9. The Bertz CT molecular complexity index is 772. The number of ether oxygens (including phenoxy) is 1. The molecule has 3 aromatic rings. The average Bonchev–Trinajstić information content (AvgIpc) is 2.84. The van der Waals surface area contributed by atoms with Gasteiger partial charge in [0.1, 0.15) is 11.3 Å². The first-order valence-electron chi connectivity index (χ1n) is 6.06. The van der Waals surface area contributed by atoms with Crippen LogP contribution >= 0.6 is 15.9 Å². The smallest absolute Gasteiger partial charge is 0.229 e. The molecule has 0 aliphatic heterocycles. The van der Waals surface area contributed by atoms with Crippen molar-refractivity contribution in [2.24, 2.45) is 0 Å². The summed E-state index contributed by atoms with van der Waals surface area (Å²) >= 11 is 3.44. The lowest BCUT2D eigenvalue weighted by molar-refractivity contribution is 0.101. The molecule has 2 aromatic carbocycles. The monoisotopic (exact) mass is 330 g/mol. The summed E-state index contributed by atoms with van der Waals surface area (Å²) in [5.41, 5.74) is 1.25. The zero-order valence-electron chi connectivity index (χ0n) is 10.7. The Morgan fingerprint density at radius 2 is 1.80 bits per heavy atom. The average molecular weight is 331 g/mol. The Hall–Kier alpha value is -2.07. The van der Waals surface area contributed by atoms with Crippen molar-refractivity contribution < 1.29 is 13.9 Å². The lowest BCUT2D eigenvalue weighted by Crippen LogP contribution is -2.00. The van der Waals surface area contributed by atoms with Crippen LogP contribution in [0, 0.1) is 0 Å². The summed E-state index contributed by atoms with van der Waals surface area (Å²) in [5, 5.41) is 0.893.